The molecule has 0 spiro atoms. The monoisotopic (exact) mass is 219 g/mol. The highest BCUT2D eigenvalue weighted by Gasteiger charge is 2.23. The number of hydrogen-bond acceptors (Lipinski definition) is 3. The second-order valence-electron chi connectivity index (χ2n) is 4.46. The zero-order valence-corrected chi connectivity index (χ0v) is 9.52. The lowest BCUT2D eigenvalue weighted by Gasteiger charge is -2.31. The summed E-state index contributed by atoms with van der Waals surface area (Å²) in [6.45, 7) is 3.83. The molecule has 0 radical (unpaired) electrons. The van der Waals surface area contributed by atoms with Crippen LogP contribution in [0.15, 0.2) is 18.5 Å². The minimum absolute atomic E-state index is 0.0113. The molecule has 0 bridgehead atoms. The fourth-order valence-electron chi connectivity index (χ4n) is 2.13. The lowest BCUT2D eigenvalue weighted by Crippen LogP contribution is -2.39. The van der Waals surface area contributed by atoms with Gasteiger partial charge in [-0.25, -0.2) is 0 Å². The molecule has 4 heteroatoms. The van der Waals surface area contributed by atoms with Crippen molar-refractivity contribution in [1.29, 1.82) is 0 Å². The van der Waals surface area contributed by atoms with E-state index in [4.69, 9.17) is 5.73 Å². The molecule has 1 aliphatic rings. The molecule has 1 aromatic rings. The van der Waals surface area contributed by atoms with Crippen LogP contribution in [0.4, 0.5) is 5.69 Å². The molecule has 4 nitrogen and oxygen atoms in total. The number of carbonyl (C=O) groups is 1. The van der Waals surface area contributed by atoms with Gasteiger partial charge in [0.1, 0.15) is 0 Å². The van der Waals surface area contributed by atoms with Gasteiger partial charge in [0.05, 0.1) is 5.56 Å². The Morgan fingerprint density at radius 3 is 3.12 bits per heavy atom. The molecule has 2 N–H and O–H groups in total. The van der Waals surface area contributed by atoms with Crippen LogP contribution in [0.25, 0.3) is 0 Å². The molecule has 2 rings (SSSR count). The summed E-state index contributed by atoms with van der Waals surface area (Å²) >= 11 is 0. The molecule has 1 fully saturated rings. The van der Waals surface area contributed by atoms with E-state index < -0.39 is 0 Å². The number of rotatable bonds is 1. The van der Waals surface area contributed by atoms with E-state index in [0.717, 1.165) is 19.5 Å². The molecular formula is C12H17N3O. The van der Waals surface area contributed by atoms with E-state index in [0.29, 0.717) is 17.2 Å². The number of nitrogens with two attached hydrogens (primary N) is 1. The van der Waals surface area contributed by atoms with Gasteiger partial charge in [-0.2, -0.15) is 0 Å². The maximum absolute atomic E-state index is 12.2. The summed E-state index contributed by atoms with van der Waals surface area (Å²) in [4.78, 5) is 18.0. The highest BCUT2D eigenvalue weighted by Crippen LogP contribution is 2.19. The third-order valence-corrected chi connectivity index (χ3v) is 3.03. The van der Waals surface area contributed by atoms with E-state index in [-0.39, 0.29) is 5.91 Å². The molecule has 86 valence electrons. The number of piperidine rings is 1. The van der Waals surface area contributed by atoms with E-state index >= 15 is 0 Å². The van der Waals surface area contributed by atoms with Crippen molar-refractivity contribution in [2.75, 3.05) is 18.8 Å². The quantitative estimate of drug-likeness (QED) is 0.779. The van der Waals surface area contributed by atoms with Crippen molar-refractivity contribution in [3.05, 3.63) is 24.0 Å². The third kappa shape index (κ3) is 2.15. The van der Waals surface area contributed by atoms with Crippen molar-refractivity contribution in [2.45, 2.75) is 19.8 Å². The minimum atomic E-state index is 0.0113. The molecule has 1 atom stereocenters. The molecule has 1 aromatic heterocycles. The molecule has 1 unspecified atom stereocenters. The van der Waals surface area contributed by atoms with Crippen LogP contribution >= 0.6 is 0 Å². The van der Waals surface area contributed by atoms with Crippen LogP contribution in [-0.2, 0) is 0 Å². The molecular weight excluding hydrogens is 202 g/mol. The van der Waals surface area contributed by atoms with E-state index in [1.807, 2.05) is 4.90 Å². The van der Waals surface area contributed by atoms with E-state index in [9.17, 15) is 4.79 Å². The first-order chi connectivity index (χ1) is 7.68. The lowest BCUT2D eigenvalue weighted by atomic mass is 9.99. The van der Waals surface area contributed by atoms with Crippen molar-refractivity contribution < 1.29 is 4.79 Å². The van der Waals surface area contributed by atoms with Gasteiger partial charge in [-0.15, -0.1) is 0 Å². The maximum Gasteiger partial charge on any atom is 0.257 e. The standard InChI is InChI=1S/C12H17N3O/c1-9-3-2-6-15(8-9)12(16)10-7-14-5-4-11(10)13/h4-5,7,9H,2-3,6,8H2,1H3,(H2,13,14). The first-order valence-corrected chi connectivity index (χ1v) is 5.67. The largest absolute Gasteiger partial charge is 0.398 e. The van der Waals surface area contributed by atoms with Gasteiger partial charge in [0.2, 0.25) is 0 Å². The number of carbonyl (C=O) groups excluding carboxylic acids is 1. The molecule has 0 aliphatic carbocycles. The van der Waals surface area contributed by atoms with Gasteiger partial charge in [0.15, 0.2) is 0 Å². The highest BCUT2D eigenvalue weighted by molar-refractivity contribution is 5.98. The fourth-order valence-corrected chi connectivity index (χ4v) is 2.13. The summed E-state index contributed by atoms with van der Waals surface area (Å²) in [6.07, 6.45) is 5.43. The summed E-state index contributed by atoms with van der Waals surface area (Å²) in [5.41, 5.74) is 6.81. The smallest absolute Gasteiger partial charge is 0.257 e. The molecule has 1 amide bonds. The Morgan fingerprint density at radius 2 is 2.44 bits per heavy atom. The summed E-state index contributed by atoms with van der Waals surface area (Å²) in [6, 6.07) is 1.67. The van der Waals surface area contributed by atoms with Crippen molar-refractivity contribution in [3.8, 4) is 0 Å². The van der Waals surface area contributed by atoms with Gasteiger partial charge < -0.3 is 10.6 Å². The number of nitrogen functional groups attached to an aromatic ring is 1. The minimum Gasteiger partial charge on any atom is -0.398 e. The summed E-state index contributed by atoms with van der Waals surface area (Å²) in [5, 5.41) is 0. The zero-order chi connectivity index (χ0) is 11.5. The Labute approximate surface area is 95.5 Å². The SMILES string of the molecule is CC1CCCN(C(=O)c2cnccc2N)C1. The predicted octanol–water partition coefficient (Wildman–Crippen LogP) is 1.54. The number of likely N-dealkylation sites (tertiary alicyclic amines) is 1. The lowest BCUT2D eigenvalue weighted by molar-refractivity contribution is 0.0683. The van der Waals surface area contributed by atoms with Gasteiger partial charge >= 0.3 is 0 Å². The Hall–Kier alpha value is -1.58. The Bertz CT molecular complexity index is 392. The zero-order valence-electron chi connectivity index (χ0n) is 9.52. The molecule has 0 aromatic carbocycles. The van der Waals surface area contributed by atoms with Gasteiger partial charge in [-0.05, 0) is 24.8 Å². The Morgan fingerprint density at radius 1 is 1.62 bits per heavy atom. The first-order valence-electron chi connectivity index (χ1n) is 5.67. The number of amides is 1. The number of nitrogens with zero attached hydrogens (tertiary/aromatic N) is 2. The van der Waals surface area contributed by atoms with Crippen LogP contribution in [0.1, 0.15) is 30.1 Å². The Balaban J connectivity index is 2.16. The maximum atomic E-state index is 12.2. The van der Waals surface area contributed by atoms with Gasteiger partial charge in [0.25, 0.3) is 5.91 Å². The number of aromatic nitrogens is 1. The normalized spacial score (nSPS) is 20.8. The van der Waals surface area contributed by atoms with Crippen molar-refractivity contribution in [2.24, 2.45) is 5.92 Å². The molecule has 0 saturated carbocycles. The molecule has 16 heavy (non-hydrogen) atoms. The van der Waals surface area contributed by atoms with Crippen molar-refractivity contribution in [1.82, 2.24) is 9.88 Å². The van der Waals surface area contributed by atoms with Crippen LogP contribution in [0, 0.1) is 5.92 Å². The van der Waals surface area contributed by atoms with Crippen molar-refractivity contribution in [3.63, 3.8) is 0 Å². The Kier molecular flexibility index (Phi) is 3.08. The fraction of sp³-hybridized carbons (Fsp3) is 0.500. The highest BCUT2D eigenvalue weighted by atomic mass is 16.2. The first kappa shape index (κ1) is 10.9. The van der Waals surface area contributed by atoms with Crippen LogP contribution in [-0.4, -0.2) is 28.9 Å². The second-order valence-corrected chi connectivity index (χ2v) is 4.46. The average Bonchev–Trinajstić information content (AvgIpc) is 2.29. The van der Waals surface area contributed by atoms with Crippen LogP contribution in [0.5, 0.6) is 0 Å². The van der Waals surface area contributed by atoms with Gasteiger partial charge in [-0.1, -0.05) is 6.92 Å². The van der Waals surface area contributed by atoms with E-state index in [1.54, 1.807) is 18.5 Å². The van der Waals surface area contributed by atoms with Crippen LogP contribution in [0.2, 0.25) is 0 Å². The molecule has 1 aliphatic heterocycles. The summed E-state index contributed by atoms with van der Waals surface area (Å²) < 4.78 is 0. The van der Waals surface area contributed by atoms with Crippen LogP contribution < -0.4 is 5.73 Å². The summed E-state index contributed by atoms with van der Waals surface area (Å²) in [7, 11) is 0. The second kappa shape index (κ2) is 4.51. The van der Waals surface area contributed by atoms with Crippen LogP contribution in [0.3, 0.4) is 0 Å². The van der Waals surface area contributed by atoms with E-state index in [2.05, 4.69) is 11.9 Å². The van der Waals surface area contributed by atoms with Gasteiger partial charge in [0, 0.05) is 31.2 Å². The molecule has 1 saturated heterocycles. The molecule has 2 heterocycles. The predicted molar refractivity (Wildman–Crippen MR) is 63.0 cm³/mol. The topological polar surface area (TPSA) is 59.2 Å². The number of hydrogen-bond donors (Lipinski definition) is 1. The number of anilines is 1. The van der Waals surface area contributed by atoms with Gasteiger partial charge in [-0.3, -0.25) is 9.78 Å². The number of pyridine rings is 1. The van der Waals surface area contributed by atoms with Crippen molar-refractivity contribution >= 4 is 11.6 Å². The third-order valence-electron chi connectivity index (χ3n) is 3.03. The van der Waals surface area contributed by atoms with E-state index in [1.165, 1.54) is 6.42 Å². The average molecular weight is 219 g/mol. The summed E-state index contributed by atoms with van der Waals surface area (Å²) in [5.74, 6) is 0.591.